The van der Waals surface area contributed by atoms with Gasteiger partial charge in [-0.15, -0.1) is 0 Å². The maximum Gasteiger partial charge on any atom is 0.213 e. The number of aliphatic imine (C=N–C) groups is 1. The second kappa shape index (κ2) is 9.80. The van der Waals surface area contributed by atoms with E-state index in [1.165, 1.54) is 5.56 Å². The van der Waals surface area contributed by atoms with Crippen molar-refractivity contribution in [2.75, 3.05) is 19.8 Å². The lowest BCUT2D eigenvalue weighted by Gasteiger charge is -2.28. The lowest BCUT2D eigenvalue weighted by molar-refractivity contribution is 0.261. The third kappa shape index (κ3) is 5.36. The van der Waals surface area contributed by atoms with E-state index in [2.05, 4.69) is 35.5 Å². The van der Waals surface area contributed by atoms with Gasteiger partial charge in [0.25, 0.3) is 0 Å². The molecule has 0 spiro atoms. The number of aromatic nitrogens is 1. The topological polar surface area (TPSA) is 67.8 Å². The molecule has 1 aliphatic heterocycles. The van der Waals surface area contributed by atoms with Crippen molar-refractivity contribution in [2.45, 2.75) is 39.3 Å². The number of pyridine rings is 1. The molecule has 3 rings (SSSR count). The lowest BCUT2D eigenvalue weighted by atomic mass is 10.0. The van der Waals surface area contributed by atoms with Gasteiger partial charge in [-0.2, -0.15) is 0 Å². The quantitative estimate of drug-likeness (QED) is 0.579. The summed E-state index contributed by atoms with van der Waals surface area (Å²) in [6, 6.07) is 12.3. The van der Waals surface area contributed by atoms with Crippen molar-refractivity contribution in [1.29, 1.82) is 0 Å². The molecule has 1 aliphatic rings. The van der Waals surface area contributed by atoms with Crippen molar-refractivity contribution in [2.24, 2.45) is 4.99 Å². The summed E-state index contributed by atoms with van der Waals surface area (Å²) in [5.74, 6) is 2.41. The van der Waals surface area contributed by atoms with Crippen LogP contribution in [0.2, 0.25) is 0 Å². The second-order valence-electron chi connectivity index (χ2n) is 6.42. The van der Waals surface area contributed by atoms with Gasteiger partial charge in [-0.3, -0.25) is 0 Å². The summed E-state index contributed by atoms with van der Waals surface area (Å²) < 4.78 is 11.3. The molecule has 144 valence electrons. The fourth-order valence-electron chi connectivity index (χ4n) is 2.94. The van der Waals surface area contributed by atoms with Crippen LogP contribution in [0.25, 0.3) is 0 Å². The monoisotopic (exact) mass is 368 g/mol. The molecule has 27 heavy (non-hydrogen) atoms. The Kier molecular flexibility index (Phi) is 6.90. The molecule has 0 saturated carbocycles. The number of nitrogens with one attached hydrogen (secondary N) is 2. The van der Waals surface area contributed by atoms with Gasteiger partial charge in [-0.05, 0) is 25.0 Å². The van der Waals surface area contributed by atoms with E-state index in [0.717, 1.165) is 36.7 Å². The van der Waals surface area contributed by atoms with E-state index in [0.29, 0.717) is 25.6 Å². The van der Waals surface area contributed by atoms with E-state index in [1.54, 1.807) is 0 Å². The molecule has 0 saturated heterocycles. The largest absolute Gasteiger partial charge is 0.493 e. The summed E-state index contributed by atoms with van der Waals surface area (Å²) in [6.45, 7) is 6.90. The predicted molar refractivity (Wildman–Crippen MR) is 107 cm³/mol. The average Bonchev–Trinajstić information content (AvgIpc) is 2.71. The molecule has 0 amide bonds. The molecule has 2 aromatic rings. The molecule has 1 aromatic carbocycles. The Hall–Kier alpha value is -2.76. The normalized spacial score (nSPS) is 16.2. The summed E-state index contributed by atoms with van der Waals surface area (Å²) in [6.07, 6.45) is 3.70. The summed E-state index contributed by atoms with van der Waals surface area (Å²) >= 11 is 0. The Morgan fingerprint density at radius 2 is 2.15 bits per heavy atom. The maximum absolute atomic E-state index is 5.74. The highest BCUT2D eigenvalue weighted by molar-refractivity contribution is 5.80. The van der Waals surface area contributed by atoms with E-state index in [9.17, 15) is 0 Å². The molecule has 0 aliphatic carbocycles. The van der Waals surface area contributed by atoms with Gasteiger partial charge in [0.15, 0.2) is 5.96 Å². The zero-order valence-corrected chi connectivity index (χ0v) is 16.1. The van der Waals surface area contributed by atoms with E-state index < -0.39 is 0 Å². The Morgan fingerprint density at radius 3 is 2.93 bits per heavy atom. The van der Waals surface area contributed by atoms with Gasteiger partial charge >= 0.3 is 0 Å². The molecule has 1 atom stereocenters. The van der Waals surface area contributed by atoms with Crippen LogP contribution >= 0.6 is 0 Å². The van der Waals surface area contributed by atoms with Crippen molar-refractivity contribution < 1.29 is 9.47 Å². The van der Waals surface area contributed by atoms with E-state index >= 15 is 0 Å². The molecule has 0 bridgehead atoms. The fraction of sp³-hybridized carbons (Fsp3) is 0.429. The second-order valence-corrected chi connectivity index (χ2v) is 6.42. The van der Waals surface area contributed by atoms with Crippen molar-refractivity contribution in [3.63, 3.8) is 0 Å². The number of rotatable bonds is 7. The summed E-state index contributed by atoms with van der Waals surface area (Å²) in [5, 5.41) is 6.86. The van der Waals surface area contributed by atoms with Crippen LogP contribution in [0, 0.1) is 0 Å². The van der Waals surface area contributed by atoms with Crippen LogP contribution < -0.4 is 20.1 Å². The van der Waals surface area contributed by atoms with E-state index in [1.807, 2.05) is 36.5 Å². The van der Waals surface area contributed by atoms with Crippen LogP contribution in [0.1, 0.15) is 43.9 Å². The number of para-hydroxylation sites is 1. The number of guanidine groups is 1. The molecule has 2 heterocycles. The van der Waals surface area contributed by atoms with Gasteiger partial charge in [0.2, 0.25) is 5.88 Å². The van der Waals surface area contributed by atoms with Crippen LogP contribution in [-0.2, 0) is 6.54 Å². The number of benzene rings is 1. The van der Waals surface area contributed by atoms with Gasteiger partial charge in [-0.1, -0.05) is 31.2 Å². The SMILES string of the molecule is CCCOc1ccc(CN=C(NCC)NC2CCOc3ccccc32)cn1. The number of hydrogen-bond donors (Lipinski definition) is 2. The summed E-state index contributed by atoms with van der Waals surface area (Å²) in [4.78, 5) is 9.05. The van der Waals surface area contributed by atoms with Crippen molar-refractivity contribution in [3.05, 3.63) is 53.7 Å². The zero-order valence-electron chi connectivity index (χ0n) is 16.1. The molecule has 6 nitrogen and oxygen atoms in total. The number of nitrogens with zero attached hydrogens (tertiary/aromatic N) is 2. The standard InChI is InChI=1S/C21H28N4O2/c1-3-12-27-20-10-9-16(14-23-20)15-24-21(22-4-2)25-18-11-13-26-19-8-6-5-7-17(18)19/h5-10,14,18H,3-4,11-13,15H2,1-2H3,(H2,22,24,25). The number of fused-ring (bicyclic) bond motifs is 1. The third-order valence-electron chi connectivity index (χ3n) is 4.29. The van der Waals surface area contributed by atoms with Crippen molar-refractivity contribution >= 4 is 5.96 Å². The smallest absolute Gasteiger partial charge is 0.213 e. The zero-order chi connectivity index (χ0) is 18.9. The van der Waals surface area contributed by atoms with Crippen LogP contribution in [0.15, 0.2) is 47.6 Å². The first kappa shape index (κ1) is 19.0. The van der Waals surface area contributed by atoms with E-state index in [-0.39, 0.29) is 6.04 Å². The number of hydrogen-bond acceptors (Lipinski definition) is 4. The maximum atomic E-state index is 5.74. The first-order valence-electron chi connectivity index (χ1n) is 9.64. The number of ether oxygens (including phenoxy) is 2. The van der Waals surface area contributed by atoms with Gasteiger partial charge in [0, 0.05) is 30.8 Å². The Balaban J connectivity index is 1.65. The Labute approximate surface area is 161 Å². The van der Waals surface area contributed by atoms with Crippen molar-refractivity contribution in [3.8, 4) is 11.6 Å². The lowest BCUT2D eigenvalue weighted by Crippen LogP contribution is -2.41. The Morgan fingerprint density at radius 1 is 1.26 bits per heavy atom. The molecular weight excluding hydrogens is 340 g/mol. The van der Waals surface area contributed by atoms with Gasteiger partial charge in [-0.25, -0.2) is 9.98 Å². The minimum atomic E-state index is 0.190. The van der Waals surface area contributed by atoms with E-state index in [4.69, 9.17) is 14.5 Å². The van der Waals surface area contributed by atoms with Gasteiger partial charge < -0.3 is 20.1 Å². The fourth-order valence-corrected chi connectivity index (χ4v) is 2.94. The Bertz CT molecular complexity index is 746. The molecule has 1 unspecified atom stereocenters. The minimum Gasteiger partial charge on any atom is -0.493 e. The average molecular weight is 368 g/mol. The molecular formula is C21H28N4O2. The van der Waals surface area contributed by atoms with Crippen LogP contribution in [-0.4, -0.2) is 30.7 Å². The van der Waals surface area contributed by atoms with Gasteiger partial charge in [0.1, 0.15) is 5.75 Å². The van der Waals surface area contributed by atoms with Crippen molar-refractivity contribution in [1.82, 2.24) is 15.6 Å². The summed E-state index contributed by atoms with van der Waals surface area (Å²) in [7, 11) is 0. The predicted octanol–water partition coefficient (Wildman–Crippen LogP) is 3.45. The third-order valence-corrected chi connectivity index (χ3v) is 4.29. The van der Waals surface area contributed by atoms with Crippen LogP contribution in [0.3, 0.4) is 0 Å². The van der Waals surface area contributed by atoms with Crippen LogP contribution in [0.4, 0.5) is 0 Å². The highest BCUT2D eigenvalue weighted by atomic mass is 16.5. The van der Waals surface area contributed by atoms with Gasteiger partial charge in [0.05, 0.1) is 25.8 Å². The molecule has 2 N–H and O–H groups in total. The summed E-state index contributed by atoms with van der Waals surface area (Å²) in [5.41, 5.74) is 2.22. The minimum absolute atomic E-state index is 0.190. The molecule has 0 fully saturated rings. The first-order valence-corrected chi connectivity index (χ1v) is 9.64. The molecule has 0 radical (unpaired) electrons. The first-order chi connectivity index (χ1) is 13.3. The molecule has 6 heteroatoms. The highest BCUT2D eigenvalue weighted by Gasteiger charge is 2.21. The molecule has 1 aromatic heterocycles. The van der Waals surface area contributed by atoms with Crippen LogP contribution in [0.5, 0.6) is 11.6 Å². The highest BCUT2D eigenvalue weighted by Crippen LogP contribution is 2.31.